The molecular weight excluding hydrogens is 430 g/mol. The van der Waals surface area contributed by atoms with Crippen molar-refractivity contribution >= 4 is 23.4 Å². The van der Waals surface area contributed by atoms with Crippen LogP contribution in [0.15, 0.2) is 59.8 Å². The first-order chi connectivity index (χ1) is 15.6. The van der Waals surface area contributed by atoms with Crippen LogP contribution in [0, 0.1) is 10.1 Å². The fourth-order valence-electron chi connectivity index (χ4n) is 3.45. The number of non-ortho nitro benzene ring substituents is 1. The number of aromatic nitrogens is 3. The largest absolute Gasteiger partial charge is 0.378 e. The van der Waals surface area contributed by atoms with Crippen LogP contribution in [0.5, 0.6) is 0 Å². The highest BCUT2D eigenvalue weighted by atomic mass is 32.2. The van der Waals surface area contributed by atoms with Gasteiger partial charge in [0.05, 0.1) is 18.1 Å². The third kappa shape index (κ3) is 5.14. The summed E-state index contributed by atoms with van der Waals surface area (Å²) in [5.74, 6) is 1.49. The second-order valence-electron chi connectivity index (χ2n) is 7.23. The van der Waals surface area contributed by atoms with Crippen molar-refractivity contribution in [2.24, 2.45) is 0 Å². The first-order valence-corrected chi connectivity index (χ1v) is 11.4. The van der Waals surface area contributed by atoms with Gasteiger partial charge in [0.2, 0.25) is 5.91 Å². The quantitative estimate of drug-likeness (QED) is 0.222. The number of nitrogens with zero attached hydrogens (tertiary/aromatic N) is 5. The topological polar surface area (TPSA) is 103 Å². The molecule has 2 aromatic carbocycles. The van der Waals surface area contributed by atoms with Crippen molar-refractivity contribution in [3.63, 3.8) is 0 Å². The van der Waals surface area contributed by atoms with Gasteiger partial charge in [-0.25, -0.2) is 0 Å². The lowest BCUT2D eigenvalue weighted by Gasteiger charge is -2.26. The molecule has 0 spiro atoms. The molecule has 4 rings (SSSR count). The maximum atomic E-state index is 12.3. The summed E-state index contributed by atoms with van der Waals surface area (Å²) in [6, 6.07) is 16.0. The maximum absolute atomic E-state index is 12.3. The number of carbonyl (C=O) groups is 1. The Hall–Kier alpha value is -3.24. The lowest BCUT2D eigenvalue weighted by atomic mass is 10.2. The van der Waals surface area contributed by atoms with Crippen LogP contribution in [-0.4, -0.2) is 62.6 Å². The third-order valence-corrected chi connectivity index (χ3v) is 6.13. The minimum absolute atomic E-state index is 0.0269. The van der Waals surface area contributed by atoms with E-state index in [-0.39, 0.29) is 11.6 Å². The fourth-order valence-corrected chi connectivity index (χ4v) is 4.34. The molecule has 1 fully saturated rings. The number of para-hydroxylation sites is 1. The average molecular weight is 454 g/mol. The number of amides is 1. The van der Waals surface area contributed by atoms with Gasteiger partial charge < -0.3 is 9.64 Å². The Labute approximate surface area is 189 Å². The Morgan fingerprint density at radius 3 is 2.47 bits per heavy atom. The number of ether oxygens (including phenoxy) is 1. The predicted octanol–water partition coefficient (Wildman–Crippen LogP) is 3.57. The van der Waals surface area contributed by atoms with Crippen LogP contribution < -0.4 is 0 Å². The highest BCUT2D eigenvalue weighted by Gasteiger charge is 2.19. The minimum Gasteiger partial charge on any atom is -0.378 e. The Balaban J connectivity index is 1.48. The molecule has 10 heteroatoms. The van der Waals surface area contributed by atoms with Crippen molar-refractivity contribution in [1.29, 1.82) is 0 Å². The number of thioether (sulfide) groups is 1. The first-order valence-electron chi connectivity index (χ1n) is 10.4. The van der Waals surface area contributed by atoms with E-state index in [0.717, 1.165) is 23.4 Å². The van der Waals surface area contributed by atoms with Crippen molar-refractivity contribution in [3.8, 4) is 17.1 Å². The molecule has 2 heterocycles. The first kappa shape index (κ1) is 22.0. The van der Waals surface area contributed by atoms with E-state index in [2.05, 4.69) is 10.2 Å². The van der Waals surface area contributed by atoms with Gasteiger partial charge in [-0.05, 0) is 30.7 Å². The summed E-state index contributed by atoms with van der Waals surface area (Å²) in [6.45, 7) is 2.53. The van der Waals surface area contributed by atoms with E-state index >= 15 is 0 Å². The molecule has 1 saturated heterocycles. The van der Waals surface area contributed by atoms with Gasteiger partial charge >= 0.3 is 0 Å². The summed E-state index contributed by atoms with van der Waals surface area (Å²) in [7, 11) is 0. The molecule has 32 heavy (non-hydrogen) atoms. The molecular formula is C22H23N5O4S. The standard InChI is InChI=1S/C22H23N5O4S/c28-20(25-12-14-31-15-13-25)7-4-16-32-22-24-23-21(26(22)18-5-2-1-3-6-18)17-8-10-19(11-9-17)27(29)30/h1-3,5-6,8-11H,4,7,12-16H2. The summed E-state index contributed by atoms with van der Waals surface area (Å²) in [5, 5.41) is 20.4. The van der Waals surface area contributed by atoms with E-state index < -0.39 is 4.92 Å². The van der Waals surface area contributed by atoms with Crippen LogP contribution >= 0.6 is 11.8 Å². The molecule has 1 aliphatic rings. The lowest BCUT2D eigenvalue weighted by molar-refractivity contribution is -0.384. The number of benzene rings is 2. The second kappa shape index (κ2) is 10.4. The molecule has 9 nitrogen and oxygen atoms in total. The van der Waals surface area contributed by atoms with Gasteiger partial charge in [-0.1, -0.05) is 30.0 Å². The predicted molar refractivity (Wildman–Crippen MR) is 121 cm³/mol. The molecule has 0 radical (unpaired) electrons. The van der Waals surface area contributed by atoms with E-state index in [4.69, 9.17) is 4.74 Å². The molecule has 0 aliphatic carbocycles. The zero-order chi connectivity index (χ0) is 22.3. The molecule has 1 aromatic heterocycles. The number of carbonyl (C=O) groups excluding carboxylic acids is 1. The van der Waals surface area contributed by atoms with Gasteiger partial charge in [0.25, 0.3) is 5.69 Å². The minimum atomic E-state index is -0.425. The van der Waals surface area contributed by atoms with Crippen LogP contribution in [0.2, 0.25) is 0 Å². The van der Waals surface area contributed by atoms with Crippen LogP contribution in [0.1, 0.15) is 12.8 Å². The summed E-state index contributed by atoms with van der Waals surface area (Å²) in [5.41, 5.74) is 1.66. The third-order valence-electron chi connectivity index (χ3n) is 5.11. The van der Waals surface area contributed by atoms with Gasteiger partial charge in [-0.2, -0.15) is 0 Å². The second-order valence-corrected chi connectivity index (χ2v) is 8.29. The van der Waals surface area contributed by atoms with Crippen molar-refractivity contribution in [3.05, 3.63) is 64.7 Å². The van der Waals surface area contributed by atoms with Crippen LogP contribution in [0.25, 0.3) is 17.1 Å². The number of morpholine rings is 1. The highest BCUT2D eigenvalue weighted by Crippen LogP contribution is 2.29. The number of rotatable bonds is 8. The van der Waals surface area contributed by atoms with Crippen LogP contribution in [-0.2, 0) is 9.53 Å². The molecule has 0 atom stereocenters. The molecule has 0 bridgehead atoms. The van der Waals surface area contributed by atoms with Crippen molar-refractivity contribution in [1.82, 2.24) is 19.7 Å². The normalized spacial score (nSPS) is 13.8. The number of nitro groups is 1. The number of nitro benzene ring substituents is 1. The molecule has 1 aliphatic heterocycles. The van der Waals surface area contributed by atoms with Gasteiger partial charge in [0.1, 0.15) is 0 Å². The van der Waals surface area contributed by atoms with Gasteiger partial charge in [0.15, 0.2) is 11.0 Å². The Bertz CT molecular complexity index is 1070. The Morgan fingerprint density at radius 1 is 1.06 bits per heavy atom. The number of hydrogen-bond donors (Lipinski definition) is 0. The Morgan fingerprint density at radius 2 is 1.78 bits per heavy atom. The molecule has 0 unspecified atom stereocenters. The van der Waals surface area contributed by atoms with Crippen molar-refractivity contribution in [2.45, 2.75) is 18.0 Å². The molecule has 0 N–H and O–H groups in total. The maximum Gasteiger partial charge on any atom is 0.269 e. The smallest absolute Gasteiger partial charge is 0.269 e. The SMILES string of the molecule is O=C(CCCSc1nnc(-c2ccc([N+](=O)[O-])cc2)n1-c1ccccc1)N1CCOCC1. The lowest BCUT2D eigenvalue weighted by Crippen LogP contribution is -2.40. The number of hydrogen-bond acceptors (Lipinski definition) is 7. The highest BCUT2D eigenvalue weighted by molar-refractivity contribution is 7.99. The summed E-state index contributed by atoms with van der Waals surface area (Å²) >= 11 is 1.54. The summed E-state index contributed by atoms with van der Waals surface area (Å²) in [6.07, 6.45) is 1.22. The summed E-state index contributed by atoms with van der Waals surface area (Å²) < 4.78 is 7.24. The molecule has 0 saturated carbocycles. The van der Waals surface area contributed by atoms with E-state index in [1.165, 1.54) is 23.9 Å². The van der Waals surface area contributed by atoms with E-state index in [1.807, 2.05) is 39.8 Å². The Kier molecular flexibility index (Phi) is 7.13. The molecule has 3 aromatic rings. The van der Waals surface area contributed by atoms with Crippen molar-refractivity contribution < 1.29 is 14.5 Å². The van der Waals surface area contributed by atoms with Gasteiger partial charge in [0, 0.05) is 48.6 Å². The average Bonchev–Trinajstić information content (AvgIpc) is 3.26. The van der Waals surface area contributed by atoms with E-state index in [0.29, 0.717) is 43.7 Å². The van der Waals surface area contributed by atoms with Crippen molar-refractivity contribution in [2.75, 3.05) is 32.1 Å². The molecule has 166 valence electrons. The zero-order valence-electron chi connectivity index (χ0n) is 17.4. The monoisotopic (exact) mass is 453 g/mol. The van der Waals surface area contributed by atoms with Gasteiger partial charge in [-0.3, -0.25) is 19.5 Å². The molecule has 1 amide bonds. The zero-order valence-corrected chi connectivity index (χ0v) is 18.2. The summed E-state index contributed by atoms with van der Waals surface area (Å²) in [4.78, 5) is 24.7. The fraction of sp³-hybridized carbons (Fsp3) is 0.318. The van der Waals surface area contributed by atoms with Crippen LogP contribution in [0.3, 0.4) is 0 Å². The van der Waals surface area contributed by atoms with Crippen LogP contribution in [0.4, 0.5) is 5.69 Å². The van der Waals surface area contributed by atoms with E-state index in [9.17, 15) is 14.9 Å². The van der Waals surface area contributed by atoms with E-state index in [1.54, 1.807) is 12.1 Å². The van der Waals surface area contributed by atoms with Gasteiger partial charge in [-0.15, -0.1) is 10.2 Å².